The summed E-state index contributed by atoms with van der Waals surface area (Å²) in [5, 5.41) is 3.09. The molecule has 0 aromatic heterocycles. The molecule has 0 spiro atoms. The standard InChI is InChI=1S/C15H19NOS/c17-15(12-3-1-2-4-14(12)18)16-9-13(10-5-6-10)11-7-8-11/h1-4,10-11,13,18H,5-9H2,(H,16,17). The number of carbonyl (C=O) groups is 1. The van der Waals surface area contributed by atoms with Crippen molar-refractivity contribution in [3.05, 3.63) is 29.8 Å². The third-order valence-corrected chi connectivity index (χ3v) is 4.49. The van der Waals surface area contributed by atoms with Gasteiger partial charge in [0.15, 0.2) is 0 Å². The molecule has 0 unspecified atom stereocenters. The summed E-state index contributed by atoms with van der Waals surface area (Å²) in [4.78, 5) is 12.9. The summed E-state index contributed by atoms with van der Waals surface area (Å²) >= 11 is 4.33. The predicted molar refractivity (Wildman–Crippen MR) is 75.0 cm³/mol. The Labute approximate surface area is 114 Å². The Morgan fingerprint density at radius 2 is 1.83 bits per heavy atom. The van der Waals surface area contributed by atoms with Gasteiger partial charge in [-0.15, -0.1) is 12.6 Å². The lowest BCUT2D eigenvalue weighted by molar-refractivity contribution is 0.0940. The van der Waals surface area contributed by atoms with Gasteiger partial charge in [-0.2, -0.15) is 0 Å². The summed E-state index contributed by atoms with van der Waals surface area (Å²) in [6, 6.07) is 7.47. The fourth-order valence-electron chi connectivity index (χ4n) is 2.74. The third kappa shape index (κ3) is 2.72. The highest BCUT2D eigenvalue weighted by molar-refractivity contribution is 7.80. The molecule has 3 heteroatoms. The number of thiol groups is 1. The smallest absolute Gasteiger partial charge is 0.252 e. The number of amides is 1. The fourth-order valence-corrected chi connectivity index (χ4v) is 3.00. The minimum atomic E-state index is 0.0203. The van der Waals surface area contributed by atoms with Gasteiger partial charge in [0, 0.05) is 11.4 Å². The predicted octanol–water partition coefficient (Wildman–Crippen LogP) is 3.14. The Bertz CT molecular complexity index is 440. The molecule has 96 valence electrons. The molecular formula is C15H19NOS. The lowest BCUT2D eigenvalue weighted by Gasteiger charge is -2.16. The van der Waals surface area contributed by atoms with Crippen LogP contribution in [0.2, 0.25) is 0 Å². The van der Waals surface area contributed by atoms with Gasteiger partial charge in [-0.1, -0.05) is 12.1 Å². The van der Waals surface area contributed by atoms with Gasteiger partial charge >= 0.3 is 0 Å². The summed E-state index contributed by atoms with van der Waals surface area (Å²) in [5.74, 6) is 2.50. The van der Waals surface area contributed by atoms with Crippen LogP contribution in [0.4, 0.5) is 0 Å². The minimum absolute atomic E-state index is 0.0203. The second kappa shape index (κ2) is 4.96. The van der Waals surface area contributed by atoms with Crippen molar-refractivity contribution in [3.63, 3.8) is 0 Å². The van der Waals surface area contributed by atoms with Crippen LogP contribution in [0.25, 0.3) is 0 Å². The maximum Gasteiger partial charge on any atom is 0.252 e. The van der Waals surface area contributed by atoms with Crippen LogP contribution in [-0.2, 0) is 0 Å². The van der Waals surface area contributed by atoms with Crippen molar-refractivity contribution in [3.8, 4) is 0 Å². The Morgan fingerprint density at radius 1 is 1.22 bits per heavy atom. The Hall–Kier alpha value is -0.960. The van der Waals surface area contributed by atoms with Crippen LogP contribution in [0.1, 0.15) is 36.0 Å². The van der Waals surface area contributed by atoms with Crippen molar-refractivity contribution in [2.45, 2.75) is 30.6 Å². The zero-order valence-electron chi connectivity index (χ0n) is 10.4. The topological polar surface area (TPSA) is 29.1 Å². The molecule has 2 aliphatic carbocycles. The van der Waals surface area contributed by atoms with E-state index in [-0.39, 0.29) is 5.91 Å². The van der Waals surface area contributed by atoms with E-state index in [9.17, 15) is 4.79 Å². The third-order valence-electron chi connectivity index (χ3n) is 4.10. The van der Waals surface area contributed by atoms with E-state index < -0.39 is 0 Å². The van der Waals surface area contributed by atoms with E-state index in [0.29, 0.717) is 5.56 Å². The first kappa shape index (κ1) is 12.1. The Morgan fingerprint density at radius 3 is 2.39 bits per heavy atom. The van der Waals surface area contributed by atoms with Crippen LogP contribution < -0.4 is 5.32 Å². The molecule has 2 nitrogen and oxygen atoms in total. The molecule has 1 amide bonds. The van der Waals surface area contributed by atoms with E-state index in [1.807, 2.05) is 24.3 Å². The van der Waals surface area contributed by atoms with E-state index >= 15 is 0 Å². The molecule has 1 aromatic rings. The van der Waals surface area contributed by atoms with Gasteiger partial charge in [0.05, 0.1) is 5.56 Å². The molecule has 0 heterocycles. The van der Waals surface area contributed by atoms with Gasteiger partial charge in [0.1, 0.15) is 0 Å². The molecule has 3 rings (SSSR count). The summed E-state index contributed by atoms with van der Waals surface area (Å²) < 4.78 is 0. The number of rotatable bonds is 5. The van der Waals surface area contributed by atoms with Gasteiger partial charge in [-0.25, -0.2) is 0 Å². The highest BCUT2D eigenvalue weighted by atomic mass is 32.1. The number of hydrogen-bond acceptors (Lipinski definition) is 2. The van der Waals surface area contributed by atoms with E-state index in [2.05, 4.69) is 17.9 Å². The molecule has 0 saturated heterocycles. The monoisotopic (exact) mass is 261 g/mol. The van der Waals surface area contributed by atoms with Gasteiger partial charge < -0.3 is 5.32 Å². The largest absolute Gasteiger partial charge is 0.352 e. The average molecular weight is 261 g/mol. The quantitative estimate of drug-likeness (QED) is 0.783. The van der Waals surface area contributed by atoms with Crippen LogP contribution in [-0.4, -0.2) is 12.5 Å². The zero-order chi connectivity index (χ0) is 12.5. The van der Waals surface area contributed by atoms with Crippen LogP contribution >= 0.6 is 12.6 Å². The van der Waals surface area contributed by atoms with Gasteiger partial charge in [-0.3, -0.25) is 4.79 Å². The molecule has 0 atom stereocenters. The molecule has 0 aliphatic heterocycles. The summed E-state index contributed by atoms with van der Waals surface area (Å²) in [6.07, 6.45) is 5.45. The highest BCUT2D eigenvalue weighted by Crippen LogP contribution is 2.48. The SMILES string of the molecule is O=C(NCC(C1CC1)C1CC1)c1ccccc1S. The molecule has 2 fully saturated rings. The molecule has 18 heavy (non-hydrogen) atoms. The number of hydrogen-bond donors (Lipinski definition) is 2. The molecule has 0 radical (unpaired) electrons. The van der Waals surface area contributed by atoms with Gasteiger partial charge in [-0.05, 0) is 55.6 Å². The normalized spacial score (nSPS) is 19.0. The number of carbonyl (C=O) groups excluding carboxylic acids is 1. The molecule has 1 N–H and O–H groups in total. The highest BCUT2D eigenvalue weighted by Gasteiger charge is 2.41. The maximum atomic E-state index is 12.1. The van der Waals surface area contributed by atoms with Crippen molar-refractivity contribution in [2.75, 3.05) is 6.54 Å². The summed E-state index contributed by atoms with van der Waals surface area (Å²) in [5.41, 5.74) is 0.686. The average Bonchev–Trinajstić information content (AvgIpc) is 3.24. The zero-order valence-corrected chi connectivity index (χ0v) is 11.3. The van der Waals surface area contributed by atoms with E-state index in [1.54, 1.807) is 0 Å². The van der Waals surface area contributed by atoms with Crippen LogP contribution in [0.3, 0.4) is 0 Å². The summed E-state index contributed by atoms with van der Waals surface area (Å²) in [7, 11) is 0. The van der Waals surface area contributed by atoms with Crippen molar-refractivity contribution in [2.24, 2.45) is 17.8 Å². The second-order valence-corrected chi connectivity index (χ2v) is 6.05. The van der Waals surface area contributed by atoms with E-state index in [4.69, 9.17) is 0 Å². The van der Waals surface area contributed by atoms with Crippen LogP contribution in [0.5, 0.6) is 0 Å². The van der Waals surface area contributed by atoms with E-state index in [1.165, 1.54) is 25.7 Å². The molecule has 2 saturated carbocycles. The minimum Gasteiger partial charge on any atom is -0.352 e. The van der Waals surface area contributed by atoms with Gasteiger partial charge in [0.2, 0.25) is 0 Å². The lowest BCUT2D eigenvalue weighted by atomic mass is 9.98. The van der Waals surface area contributed by atoms with Crippen molar-refractivity contribution >= 4 is 18.5 Å². The Balaban J connectivity index is 1.59. The summed E-state index contributed by atoms with van der Waals surface area (Å²) in [6.45, 7) is 0.844. The van der Waals surface area contributed by atoms with Crippen LogP contribution in [0.15, 0.2) is 29.2 Å². The maximum absolute atomic E-state index is 12.1. The Kier molecular flexibility index (Phi) is 3.33. The van der Waals surface area contributed by atoms with E-state index in [0.717, 1.165) is 29.2 Å². The number of nitrogens with one attached hydrogen (secondary N) is 1. The first-order chi connectivity index (χ1) is 8.75. The molecular weight excluding hydrogens is 242 g/mol. The lowest BCUT2D eigenvalue weighted by Crippen LogP contribution is -2.31. The molecule has 2 aliphatic rings. The molecule has 0 bridgehead atoms. The van der Waals surface area contributed by atoms with Crippen LogP contribution in [0, 0.1) is 17.8 Å². The first-order valence-corrected chi connectivity index (χ1v) is 7.26. The van der Waals surface area contributed by atoms with Crippen molar-refractivity contribution in [1.29, 1.82) is 0 Å². The van der Waals surface area contributed by atoms with Crippen molar-refractivity contribution in [1.82, 2.24) is 5.32 Å². The molecule has 1 aromatic carbocycles. The first-order valence-electron chi connectivity index (χ1n) is 6.82. The van der Waals surface area contributed by atoms with Crippen molar-refractivity contribution < 1.29 is 4.79 Å². The number of benzene rings is 1. The second-order valence-electron chi connectivity index (χ2n) is 5.57. The fraction of sp³-hybridized carbons (Fsp3) is 0.533. The van der Waals surface area contributed by atoms with Gasteiger partial charge in [0.25, 0.3) is 5.91 Å².